The Labute approximate surface area is 137 Å². The van der Waals surface area contributed by atoms with E-state index in [9.17, 15) is 37.1 Å². The van der Waals surface area contributed by atoms with E-state index in [2.05, 4.69) is 4.74 Å². The summed E-state index contributed by atoms with van der Waals surface area (Å²) in [6, 6.07) is 0. The van der Waals surface area contributed by atoms with Gasteiger partial charge in [0.2, 0.25) is 0 Å². The van der Waals surface area contributed by atoms with Crippen molar-refractivity contribution in [3.05, 3.63) is 0 Å². The molecule has 0 bridgehead atoms. The van der Waals surface area contributed by atoms with Crippen LogP contribution in [0.1, 0.15) is 6.92 Å². The molecule has 0 spiro atoms. The lowest BCUT2D eigenvalue weighted by molar-refractivity contribution is -0.204. The van der Waals surface area contributed by atoms with E-state index in [0.29, 0.717) is 0 Å². The Morgan fingerprint density at radius 2 is 1.50 bits per heavy atom. The van der Waals surface area contributed by atoms with E-state index in [-0.39, 0.29) is 11.5 Å². The number of nitrogens with zero attached hydrogens (tertiary/aromatic N) is 3. The number of amides is 1. The van der Waals surface area contributed by atoms with E-state index in [0.717, 1.165) is 38.0 Å². The van der Waals surface area contributed by atoms with E-state index >= 15 is 0 Å². The van der Waals surface area contributed by atoms with Crippen LogP contribution in [-0.2, 0) is 18.9 Å². The van der Waals surface area contributed by atoms with Crippen molar-refractivity contribution in [2.45, 2.75) is 18.6 Å². The lowest BCUT2D eigenvalue weighted by Gasteiger charge is -2.50. The minimum absolute atomic E-state index is 0.181. The molecule has 142 valence electrons. The molecule has 2 N–H and O–H groups in total. The Morgan fingerprint density at radius 3 is 1.75 bits per heavy atom. The second kappa shape index (κ2) is 7.79. The molecule has 0 heterocycles. The summed E-state index contributed by atoms with van der Waals surface area (Å²) in [6.45, 7) is -0.0880. The zero-order chi connectivity index (χ0) is 19.5. The van der Waals surface area contributed by atoms with Gasteiger partial charge in [0.15, 0.2) is 0 Å². The van der Waals surface area contributed by atoms with E-state index in [1.165, 1.54) is 6.92 Å². The minimum atomic E-state index is -5.46. The Hall–Kier alpha value is -1.20. The smallest absolute Gasteiger partial charge is 0.465 e. The number of hydrogen-bond acceptors (Lipinski definition) is 6. The molecule has 0 aliphatic heterocycles. The van der Waals surface area contributed by atoms with E-state index in [4.69, 9.17) is 0 Å². The summed E-state index contributed by atoms with van der Waals surface area (Å²) < 4.78 is 55.4. The maximum Gasteiger partial charge on any atom is 0.471 e. The van der Waals surface area contributed by atoms with Crippen molar-refractivity contribution in [3.63, 3.8) is 0 Å². The average Bonchev–Trinajstić information content (AvgIpc) is 2.33. The first kappa shape index (κ1) is 22.8. The molecule has 24 heavy (non-hydrogen) atoms. The maximum absolute atomic E-state index is 12.9. The monoisotopic (exact) mass is 379 g/mol. The minimum Gasteiger partial charge on any atom is -0.465 e. The summed E-state index contributed by atoms with van der Waals surface area (Å²) in [5, 5.41) is 0. The predicted molar refractivity (Wildman–Crippen MR) is 76.6 cm³/mol. The third-order valence-electron chi connectivity index (χ3n) is 3.03. The number of halogens is 3. The average molecular weight is 379 g/mol. The third kappa shape index (κ3) is 4.45. The molecule has 1 amide bonds. The van der Waals surface area contributed by atoms with Crippen molar-refractivity contribution < 1.29 is 41.8 Å². The fraction of sp³-hybridized carbons (Fsp3) is 0.818. The lowest BCUT2D eigenvalue weighted by atomic mass is 10.4. The van der Waals surface area contributed by atoms with Crippen LogP contribution in [0.15, 0.2) is 0 Å². The molecule has 0 saturated carbocycles. The zero-order valence-electron chi connectivity index (χ0n) is 13.9. The van der Waals surface area contributed by atoms with Crippen LogP contribution >= 0.6 is 7.60 Å². The molecule has 0 fully saturated rings. The SMILES string of the molecule is CCOC(=O)CN(C(=O)C(F)(F)F)C(N(C)C)(N(C)C)P(=O)(O)O. The predicted octanol–water partition coefficient (Wildman–Crippen LogP) is -0.147. The molecule has 0 aromatic carbocycles. The van der Waals surface area contributed by atoms with Gasteiger partial charge in [0.05, 0.1) is 6.61 Å². The van der Waals surface area contributed by atoms with Gasteiger partial charge >= 0.3 is 25.6 Å². The second-order valence-corrected chi connectivity index (χ2v) is 6.82. The highest BCUT2D eigenvalue weighted by molar-refractivity contribution is 7.53. The number of carbonyl (C=O) groups is 2. The second-order valence-electron chi connectivity index (χ2n) is 5.13. The molecule has 0 rings (SSSR count). The summed E-state index contributed by atoms with van der Waals surface area (Å²) in [4.78, 5) is 44.1. The summed E-state index contributed by atoms with van der Waals surface area (Å²) in [7, 11) is -1.14. The van der Waals surface area contributed by atoms with Crippen molar-refractivity contribution >= 4 is 19.5 Å². The lowest BCUT2D eigenvalue weighted by Crippen LogP contribution is -2.69. The summed E-state index contributed by atoms with van der Waals surface area (Å²) in [6.07, 6.45) is -5.46. The summed E-state index contributed by atoms with van der Waals surface area (Å²) in [5.41, 5.74) is -2.84. The molecule has 0 unspecified atom stereocenters. The van der Waals surface area contributed by atoms with Crippen LogP contribution in [0, 0.1) is 0 Å². The molecule has 9 nitrogen and oxygen atoms in total. The van der Waals surface area contributed by atoms with Crippen molar-refractivity contribution in [1.82, 2.24) is 14.7 Å². The Kier molecular flexibility index (Phi) is 7.40. The molecule has 0 atom stereocenters. The number of ether oxygens (including phenoxy) is 1. The quantitative estimate of drug-likeness (QED) is 0.357. The van der Waals surface area contributed by atoms with Gasteiger partial charge in [0.25, 0.3) is 5.53 Å². The first-order valence-corrected chi connectivity index (χ1v) is 8.20. The van der Waals surface area contributed by atoms with Crippen LogP contribution in [0.5, 0.6) is 0 Å². The largest absolute Gasteiger partial charge is 0.471 e. The van der Waals surface area contributed by atoms with Gasteiger partial charge in [0.1, 0.15) is 6.54 Å². The van der Waals surface area contributed by atoms with Gasteiger partial charge in [0, 0.05) is 0 Å². The van der Waals surface area contributed by atoms with Gasteiger partial charge in [-0.25, -0.2) is 0 Å². The van der Waals surface area contributed by atoms with Crippen LogP contribution in [-0.4, -0.2) is 89.4 Å². The highest BCUT2D eigenvalue weighted by Crippen LogP contribution is 2.55. The third-order valence-corrected chi connectivity index (χ3v) is 4.86. The molecular weight excluding hydrogens is 358 g/mol. The Bertz CT molecular complexity index is 512. The highest BCUT2D eigenvalue weighted by Gasteiger charge is 2.62. The van der Waals surface area contributed by atoms with Gasteiger partial charge < -0.3 is 14.5 Å². The van der Waals surface area contributed by atoms with Crippen LogP contribution in [0.25, 0.3) is 0 Å². The first-order chi connectivity index (χ1) is 10.6. The van der Waals surface area contributed by atoms with Crippen LogP contribution < -0.4 is 0 Å². The first-order valence-electron chi connectivity index (χ1n) is 6.58. The number of esters is 1. The van der Waals surface area contributed by atoms with E-state index in [1.54, 1.807) is 0 Å². The topological polar surface area (TPSA) is 111 Å². The number of rotatable bonds is 7. The van der Waals surface area contributed by atoms with Crippen molar-refractivity contribution in [2.24, 2.45) is 0 Å². The molecule has 0 radical (unpaired) electrons. The van der Waals surface area contributed by atoms with Gasteiger partial charge in [-0.2, -0.15) is 13.2 Å². The maximum atomic E-state index is 12.9. The van der Waals surface area contributed by atoms with Crippen molar-refractivity contribution in [1.29, 1.82) is 0 Å². The number of hydrogen-bond donors (Lipinski definition) is 2. The fourth-order valence-electron chi connectivity index (χ4n) is 2.36. The van der Waals surface area contributed by atoms with E-state index in [1.807, 2.05) is 0 Å². The fourth-order valence-corrected chi connectivity index (χ4v) is 3.88. The molecule has 0 aromatic rings. The van der Waals surface area contributed by atoms with Crippen LogP contribution in [0.3, 0.4) is 0 Å². The molecule has 13 heteroatoms. The zero-order valence-corrected chi connectivity index (χ0v) is 14.8. The molecular formula is C11H21F3N3O6P. The number of alkyl halides is 3. The van der Waals surface area contributed by atoms with Gasteiger partial charge in [-0.1, -0.05) is 0 Å². The molecule has 0 saturated heterocycles. The molecule has 0 aromatic heterocycles. The number of carbonyl (C=O) groups excluding carboxylic acids is 2. The normalized spacial score (nSPS) is 13.3. The molecule has 0 aliphatic carbocycles. The summed E-state index contributed by atoms with van der Waals surface area (Å²) in [5.74, 6) is -3.82. The van der Waals surface area contributed by atoms with Crippen molar-refractivity contribution in [3.8, 4) is 0 Å². The van der Waals surface area contributed by atoms with Crippen molar-refractivity contribution in [2.75, 3.05) is 41.3 Å². The van der Waals surface area contributed by atoms with Gasteiger partial charge in [-0.15, -0.1) is 0 Å². The highest BCUT2D eigenvalue weighted by atomic mass is 31.2. The van der Waals surface area contributed by atoms with Crippen LogP contribution in [0.4, 0.5) is 13.2 Å². The summed E-state index contributed by atoms with van der Waals surface area (Å²) >= 11 is 0. The molecule has 0 aliphatic rings. The van der Waals surface area contributed by atoms with E-state index < -0.39 is 37.7 Å². The van der Waals surface area contributed by atoms with Crippen LogP contribution in [0.2, 0.25) is 0 Å². The van der Waals surface area contributed by atoms with Gasteiger partial charge in [-0.05, 0) is 35.1 Å². The Balaban J connectivity index is 6.44. The van der Waals surface area contributed by atoms with Gasteiger partial charge in [-0.3, -0.25) is 28.9 Å². The Morgan fingerprint density at radius 1 is 1.08 bits per heavy atom. The standard InChI is InChI=1S/C11H21F3N3O6P/c1-6-23-8(18)7-17(9(19)10(12,13)14)11(15(2)3,16(4)5)24(20,21)22/h6-7H2,1-5H3,(H2,20,21,22).